The molecule has 1 heterocycles. The van der Waals surface area contributed by atoms with E-state index in [4.69, 9.17) is 9.47 Å². The minimum absolute atomic E-state index is 0.0261. The molecule has 0 unspecified atom stereocenters. The second kappa shape index (κ2) is 8.89. The van der Waals surface area contributed by atoms with Gasteiger partial charge >= 0.3 is 12.1 Å². The summed E-state index contributed by atoms with van der Waals surface area (Å²) in [5.74, 6) is -2.13. The summed E-state index contributed by atoms with van der Waals surface area (Å²) in [6, 6.07) is 6.88. The van der Waals surface area contributed by atoms with Crippen molar-refractivity contribution in [2.45, 2.75) is 44.9 Å². The Balaban J connectivity index is 1.82. The molecule has 0 N–H and O–H groups in total. The van der Waals surface area contributed by atoms with Crippen LogP contribution in [0.4, 0.5) is 19.3 Å². The number of esters is 1. The second-order valence-electron chi connectivity index (χ2n) is 8.38. The van der Waals surface area contributed by atoms with E-state index in [2.05, 4.69) is 0 Å². The van der Waals surface area contributed by atoms with Gasteiger partial charge < -0.3 is 9.47 Å². The summed E-state index contributed by atoms with van der Waals surface area (Å²) in [5.41, 5.74) is -0.972. The van der Waals surface area contributed by atoms with E-state index in [0.717, 1.165) is 18.2 Å². The lowest BCUT2D eigenvalue weighted by Crippen LogP contribution is -2.37. The molecule has 170 valence electrons. The van der Waals surface area contributed by atoms with Crippen molar-refractivity contribution in [2.24, 2.45) is 0 Å². The highest BCUT2D eigenvalue weighted by atomic mass is 19.1. The van der Waals surface area contributed by atoms with Crippen LogP contribution in [-0.2, 0) is 9.47 Å². The van der Waals surface area contributed by atoms with Gasteiger partial charge in [-0.25, -0.2) is 18.4 Å². The van der Waals surface area contributed by atoms with Gasteiger partial charge in [0.25, 0.3) is 5.69 Å². The number of nitro benzene ring substituents is 1. The molecule has 10 heteroatoms. The van der Waals surface area contributed by atoms with Gasteiger partial charge in [-0.2, -0.15) is 0 Å². The van der Waals surface area contributed by atoms with Gasteiger partial charge in [-0.15, -0.1) is 0 Å². The largest absolute Gasteiger partial charge is 0.457 e. The smallest absolute Gasteiger partial charge is 0.410 e. The number of likely N-dealkylation sites (tertiary alicyclic amines) is 1. The standard InChI is InChI=1S/C22H22F2N2O6/c1-22(2,3)32-21(28)25-12-16(11-19(25)17-10-14(23)6-9-18(17)24)31-20(27)13-4-7-15(8-5-13)26(29)30/h4-10,16,19H,11-12H2,1-3H3/t16-,19-/m0/s1. The van der Waals surface area contributed by atoms with Gasteiger partial charge in [-0.05, 0) is 51.1 Å². The predicted octanol–water partition coefficient (Wildman–Crippen LogP) is 4.78. The van der Waals surface area contributed by atoms with Gasteiger partial charge in [-0.1, -0.05) is 0 Å². The van der Waals surface area contributed by atoms with E-state index in [1.165, 1.54) is 29.2 Å². The van der Waals surface area contributed by atoms with Gasteiger partial charge in [0.15, 0.2) is 0 Å². The normalized spacial score (nSPS) is 18.3. The van der Waals surface area contributed by atoms with Crippen molar-refractivity contribution >= 4 is 17.7 Å². The minimum Gasteiger partial charge on any atom is -0.457 e. The first-order valence-corrected chi connectivity index (χ1v) is 9.84. The van der Waals surface area contributed by atoms with Crippen LogP contribution >= 0.6 is 0 Å². The average molecular weight is 448 g/mol. The summed E-state index contributed by atoms with van der Waals surface area (Å²) < 4.78 is 39.1. The number of hydrogen-bond acceptors (Lipinski definition) is 6. The molecule has 0 bridgehead atoms. The zero-order valence-electron chi connectivity index (χ0n) is 17.7. The van der Waals surface area contributed by atoms with Crippen molar-refractivity contribution in [1.82, 2.24) is 4.90 Å². The molecule has 8 nitrogen and oxygen atoms in total. The summed E-state index contributed by atoms with van der Waals surface area (Å²) in [7, 11) is 0. The Kier molecular flexibility index (Phi) is 6.42. The number of carbonyl (C=O) groups excluding carboxylic acids is 2. The molecule has 0 aromatic heterocycles. The molecular weight excluding hydrogens is 426 g/mol. The third kappa shape index (κ3) is 5.37. The van der Waals surface area contributed by atoms with E-state index in [0.29, 0.717) is 0 Å². The van der Waals surface area contributed by atoms with Gasteiger partial charge in [0.05, 0.1) is 23.1 Å². The van der Waals surface area contributed by atoms with Crippen LogP contribution in [0.15, 0.2) is 42.5 Å². The Bertz CT molecular complexity index is 1040. The van der Waals surface area contributed by atoms with Gasteiger partial charge in [0.1, 0.15) is 23.3 Å². The molecule has 0 saturated carbocycles. The molecule has 2 atom stereocenters. The number of carbonyl (C=O) groups is 2. The van der Waals surface area contributed by atoms with E-state index in [9.17, 15) is 28.5 Å². The highest BCUT2D eigenvalue weighted by molar-refractivity contribution is 5.89. The maximum Gasteiger partial charge on any atom is 0.410 e. The predicted molar refractivity (Wildman–Crippen MR) is 109 cm³/mol. The van der Waals surface area contributed by atoms with E-state index >= 15 is 0 Å². The number of amides is 1. The fraction of sp³-hybridized carbons (Fsp3) is 0.364. The topological polar surface area (TPSA) is 99.0 Å². The molecule has 2 aromatic rings. The fourth-order valence-electron chi connectivity index (χ4n) is 3.41. The fourth-order valence-corrected chi connectivity index (χ4v) is 3.41. The second-order valence-corrected chi connectivity index (χ2v) is 8.38. The van der Waals surface area contributed by atoms with Crippen molar-refractivity contribution < 1.29 is 32.8 Å². The van der Waals surface area contributed by atoms with Gasteiger partial charge in [-0.3, -0.25) is 15.0 Å². The molecule has 1 saturated heterocycles. The highest BCUT2D eigenvalue weighted by Gasteiger charge is 2.41. The summed E-state index contributed by atoms with van der Waals surface area (Å²) in [5, 5.41) is 10.8. The van der Waals surface area contributed by atoms with Crippen molar-refractivity contribution in [3.05, 3.63) is 75.3 Å². The zero-order chi connectivity index (χ0) is 23.6. The van der Waals surface area contributed by atoms with E-state index in [-0.39, 0.29) is 29.8 Å². The number of nitrogens with zero attached hydrogens (tertiary/aromatic N) is 2. The van der Waals surface area contributed by atoms with E-state index in [1.807, 2.05) is 0 Å². The maximum absolute atomic E-state index is 14.4. The van der Waals surface area contributed by atoms with Crippen LogP contribution in [0, 0.1) is 21.7 Å². The molecule has 32 heavy (non-hydrogen) atoms. The number of benzene rings is 2. The van der Waals surface area contributed by atoms with Crippen molar-refractivity contribution in [2.75, 3.05) is 6.54 Å². The maximum atomic E-state index is 14.4. The lowest BCUT2D eigenvalue weighted by Gasteiger charge is -2.28. The van der Waals surface area contributed by atoms with Crippen LogP contribution in [0.25, 0.3) is 0 Å². The Labute approximate surface area is 182 Å². The quantitative estimate of drug-likeness (QED) is 0.379. The molecule has 1 amide bonds. The van der Waals surface area contributed by atoms with Crippen LogP contribution in [0.3, 0.4) is 0 Å². The van der Waals surface area contributed by atoms with Crippen molar-refractivity contribution in [1.29, 1.82) is 0 Å². The first-order chi connectivity index (χ1) is 14.9. The van der Waals surface area contributed by atoms with Crippen molar-refractivity contribution in [3.63, 3.8) is 0 Å². The van der Waals surface area contributed by atoms with Crippen molar-refractivity contribution in [3.8, 4) is 0 Å². The molecule has 1 fully saturated rings. The molecule has 0 spiro atoms. The van der Waals surface area contributed by atoms with Crippen LogP contribution in [0.1, 0.15) is 49.2 Å². The Morgan fingerprint density at radius 3 is 2.38 bits per heavy atom. The number of halogens is 2. The number of nitro groups is 1. The van der Waals surface area contributed by atoms with Crippen LogP contribution in [-0.4, -0.2) is 40.1 Å². The molecule has 0 radical (unpaired) electrons. The Hall–Kier alpha value is -3.56. The van der Waals surface area contributed by atoms with Crippen LogP contribution < -0.4 is 0 Å². The minimum atomic E-state index is -0.907. The Morgan fingerprint density at radius 2 is 1.78 bits per heavy atom. The molecule has 1 aliphatic heterocycles. The highest BCUT2D eigenvalue weighted by Crippen LogP contribution is 2.36. The third-order valence-corrected chi connectivity index (χ3v) is 4.80. The molecule has 0 aliphatic carbocycles. The molecule has 3 rings (SSSR count). The summed E-state index contributed by atoms with van der Waals surface area (Å²) in [6.07, 6.45) is -1.55. The van der Waals surface area contributed by atoms with E-state index < -0.39 is 46.4 Å². The average Bonchev–Trinajstić information content (AvgIpc) is 3.12. The molecular formula is C22H22F2N2O6. The monoisotopic (exact) mass is 448 g/mol. The SMILES string of the molecule is CC(C)(C)OC(=O)N1C[C@@H](OC(=O)c2ccc([N+](=O)[O-])cc2)C[C@H]1c1cc(F)ccc1F. The third-order valence-electron chi connectivity index (χ3n) is 4.80. The van der Waals surface area contributed by atoms with Gasteiger partial charge in [0.2, 0.25) is 0 Å². The molecule has 2 aromatic carbocycles. The first kappa shape index (κ1) is 23.1. The summed E-state index contributed by atoms with van der Waals surface area (Å²) in [4.78, 5) is 36.6. The number of hydrogen-bond donors (Lipinski definition) is 0. The first-order valence-electron chi connectivity index (χ1n) is 9.84. The van der Waals surface area contributed by atoms with Crippen LogP contribution in [0.2, 0.25) is 0 Å². The summed E-state index contributed by atoms with van der Waals surface area (Å²) >= 11 is 0. The van der Waals surface area contributed by atoms with E-state index in [1.54, 1.807) is 20.8 Å². The van der Waals surface area contributed by atoms with Crippen LogP contribution in [0.5, 0.6) is 0 Å². The lowest BCUT2D eigenvalue weighted by molar-refractivity contribution is -0.384. The lowest BCUT2D eigenvalue weighted by atomic mass is 10.0. The Morgan fingerprint density at radius 1 is 1.12 bits per heavy atom. The number of rotatable bonds is 4. The number of ether oxygens (including phenoxy) is 2. The summed E-state index contributed by atoms with van der Waals surface area (Å²) in [6.45, 7) is 4.93. The van der Waals surface area contributed by atoms with Gasteiger partial charge in [0, 0.05) is 24.1 Å². The number of non-ortho nitro benzene ring substituents is 1. The molecule has 1 aliphatic rings. The zero-order valence-corrected chi connectivity index (χ0v) is 17.7.